The molecule has 0 aromatic carbocycles. The summed E-state index contributed by atoms with van der Waals surface area (Å²) in [5.41, 5.74) is 1.30. The fourth-order valence-electron chi connectivity index (χ4n) is 3.77. The van der Waals surface area contributed by atoms with Crippen molar-refractivity contribution in [2.24, 2.45) is 13.0 Å². The van der Waals surface area contributed by atoms with Gasteiger partial charge in [-0.3, -0.25) is 0 Å². The maximum absolute atomic E-state index is 12.8. The number of anilines is 1. The Kier molecular flexibility index (Phi) is 6.81. The van der Waals surface area contributed by atoms with Crippen molar-refractivity contribution in [2.45, 2.75) is 38.3 Å². The third kappa shape index (κ3) is 4.59. The first-order valence-electron chi connectivity index (χ1n) is 9.70. The minimum atomic E-state index is -0.226. The van der Waals surface area contributed by atoms with Gasteiger partial charge in [-0.05, 0) is 0 Å². The summed E-state index contributed by atoms with van der Waals surface area (Å²) in [7, 11) is 5.31. The van der Waals surface area contributed by atoms with Crippen molar-refractivity contribution in [1.29, 1.82) is 0 Å². The summed E-state index contributed by atoms with van der Waals surface area (Å²) in [6.07, 6.45) is 5.23. The van der Waals surface area contributed by atoms with E-state index in [0.717, 1.165) is 31.2 Å². The van der Waals surface area contributed by atoms with Crippen molar-refractivity contribution in [1.82, 2.24) is 19.1 Å². The number of carbonyl (C=O) groups excluding carboxylic acids is 1. The standard InChI is InChI=1S/C18H26N5O4.Li/c1-21(8-9-26-3)17-19-10-15-16(20-17)23(18(25)22(15)2)11-13-4-6-14(7-5-13)27-12-24;/h10,13-14H,4-9,11H2,1-3H3;. The van der Waals surface area contributed by atoms with Crippen LogP contribution in [0.25, 0.3) is 11.2 Å². The molecule has 0 amide bonds. The molecule has 9 nitrogen and oxygen atoms in total. The summed E-state index contributed by atoms with van der Waals surface area (Å²) in [6, 6.07) is 0. The molecular weight excluding hydrogens is 357 g/mol. The zero-order chi connectivity index (χ0) is 20.3. The molecule has 2 aromatic rings. The van der Waals surface area contributed by atoms with Crippen molar-refractivity contribution >= 4 is 39.5 Å². The molecule has 0 saturated heterocycles. The van der Waals surface area contributed by atoms with E-state index in [1.54, 1.807) is 29.5 Å². The van der Waals surface area contributed by atoms with Crippen LogP contribution in [0.5, 0.6) is 0 Å². The minimum absolute atomic E-state index is 0.00125. The second-order valence-corrected chi connectivity index (χ2v) is 7.50. The number of methoxy groups -OCH3 is 1. The van der Waals surface area contributed by atoms with Gasteiger partial charge in [-0.15, -0.1) is 0 Å². The van der Waals surface area contributed by atoms with Crippen LogP contribution in [-0.2, 0) is 23.1 Å². The average Bonchev–Trinajstić information content (AvgIpc) is 2.91. The van der Waals surface area contributed by atoms with Crippen LogP contribution in [0, 0.1) is 5.92 Å². The van der Waals surface area contributed by atoms with Crippen LogP contribution < -0.4 is 10.6 Å². The van der Waals surface area contributed by atoms with Crippen LogP contribution in [0.15, 0.2) is 11.0 Å². The fourth-order valence-corrected chi connectivity index (χ4v) is 3.77. The van der Waals surface area contributed by atoms with Gasteiger partial charge in [0.25, 0.3) is 0 Å². The molecule has 3 rings (SSSR count). The van der Waals surface area contributed by atoms with Gasteiger partial charge in [0.2, 0.25) is 0 Å². The van der Waals surface area contributed by atoms with Crippen molar-refractivity contribution in [2.75, 3.05) is 32.2 Å². The Hall–Kier alpha value is -1.82. The molecule has 1 aliphatic rings. The Bertz CT molecular complexity index is 888. The molecule has 0 aliphatic heterocycles. The zero-order valence-corrected chi connectivity index (χ0v) is 17.1. The summed E-state index contributed by atoms with van der Waals surface area (Å²) in [4.78, 5) is 34.9. The Labute approximate surface area is 173 Å². The van der Waals surface area contributed by atoms with Crippen LogP contribution >= 0.6 is 0 Å². The van der Waals surface area contributed by atoms with E-state index in [1.165, 1.54) is 17.7 Å². The van der Waals surface area contributed by atoms with Crippen molar-refractivity contribution in [3.8, 4) is 0 Å². The summed E-state index contributed by atoms with van der Waals surface area (Å²) < 4.78 is 13.5. The molecule has 10 heteroatoms. The third-order valence-electron chi connectivity index (χ3n) is 5.41. The van der Waals surface area contributed by atoms with Crippen LogP contribution in [0.1, 0.15) is 25.7 Å². The number of likely N-dealkylation sites (N-methyl/N-ethyl adjacent to an activating group) is 1. The third-order valence-corrected chi connectivity index (χ3v) is 5.41. The number of hydrogen-bond donors (Lipinski definition) is 0. The molecule has 2 aromatic heterocycles. The van der Waals surface area contributed by atoms with Crippen molar-refractivity contribution in [3.05, 3.63) is 16.7 Å². The van der Waals surface area contributed by atoms with Crippen LogP contribution in [0.3, 0.4) is 0 Å². The first-order chi connectivity index (χ1) is 13.4. The Morgan fingerprint density at radius 1 is 1.36 bits per heavy atom. The summed E-state index contributed by atoms with van der Waals surface area (Å²) in [6.45, 7) is 1.85. The topological polar surface area (TPSA) is 91.5 Å². The number of aromatic nitrogens is 4. The zero-order valence-electron chi connectivity index (χ0n) is 17.1. The number of aryl methyl sites for hydroxylation is 1. The number of nitrogens with zero attached hydrogens (tertiary/aromatic N) is 5. The molecule has 1 fully saturated rings. The molecule has 1 aliphatic carbocycles. The molecule has 1 saturated carbocycles. The van der Waals surface area contributed by atoms with Gasteiger partial charge < -0.3 is 4.74 Å². The second-order valence-electron chi connectivity index (χ2n) is 7.50. The van der Waals surface area contributed by atoms with Crippen molar-refractivity contribution < 1.29 is 14.3 Å². The average molecular weight is 383 g/mol. The van der Waals surface area contributed by atoms with Gasteiger partial charge >= 0.3 is 141 Å². The molecule has 2 heterocycles. The Balaban J connectivity index is 1.79. The number of ether oxygens (including phenoxy) is 2. The van der Waals surface area contributed by atoms with Gasteiger partial charge in [-0.25, -0.2) is 0 Å². The molecule has 0 bridgehead atoms. The van der Waals surface area contributed by atoms with Crippen molar-refractivity contribution in [3.63, 3.8) is 0 Å². The number of rotatable bonds is 7. The normalized spacial score (nSPS) is 19.8. The summed E-state index contributed by atoms with van der Waals surface area (Å²) in [5.74, 6) is 0.933. The number of imidazole rings is 1. The molecular formula is C18H26LiN5O4. The van der Waals surface area contributed by atoms with E-state index in [4.69, 9.17) is 9.47 Å². The second kappa shape index (κ2) is 9.12. The molecule has 0 unspecified atom stereocenters. The van der Waals surface area contributed by atoms with Crippen LogP contribution in [0.4, 0.5) is 10.7 Å². The first kappa shape index (κ1) is 20.9. The van der Waals surface area contributed by atoms with E-state index >= 15 is 0 Å². The van der Waals surface area contributed by atoms with Gasteiger partial charge in [-0.1, -0.05) is 0 Å². The fraction of sp³-hybridized carbons (Fsp3) is 0.667. The van der Waals surface area contributed by atoms with E-state index in [9.17, 15) is 9.59 Å². The number of hydrogen-bond acceptors (Lipinski definition) is 7. The van der Waals surface area contributed by atoms with E-state index in [-0.39, 0.29) is 16.4 Å². The molecule has 0 spiro atoms. The SMILES string of the molecule is [Li][C](=O)OC1CCC(Cn2c(=O)n(C)c3cnc(N(C)CCOC)nc32)CC1. The summed E-state index contributed by atoms with van der Waals surface area (Å²) >= 11 is 1.45. The molecule has 0 N–H and O–H groups in total. The van der Waals surface area contributed by atoms with Crippen LogP contribution in [0.2, 0.25) is 0 Å². The Morgan fingerprint density at radius 3 is 2.71 bits per heavy atom. The molecule has 28 heavy (non-hydrogen) atoms. The van der Waals surface area contributed by atoms with Crippen LogP contribution in [-0.4, -0.2) is 74.9 Å². The van der Waals surface area contributed by atoms with E-state index in [1.807, 2.05) is 11.9 Å². The number of carbonyl (C=O) groups is 1. The van der Waals surface area contributed by atoms with Gasteiger partial charge in [0.15, 0.2) is 0 Å². The molecule has 148 valence electrons. The van der Waals surface area contributed by atoms with Gasteiger partial charge in [0.1, 0.15) is 0 Å². The van der Waals surface area contributed by atoms with Gasteiger partial charge in [0.05, 0.1) is 6.61 Å². The first-order valence-corrected chi connectivity index (χ1v) is 9.70. The van der Waals surface area contributed by atoms with Gasteiger partial charge in [-0.2, -0.15) is 0 Å². The Morgan fingerprint density at radius 2 is 2.07 bits per heavy atom. The monoisotopic (exact) mass is 383 g/mol. The molecule has 0 atom stereocenters. The molecule has 0 radical (unpaired) electrons. The predicted octanol–water partition coefficient (Wildman–Crippen LogP) is 1.08. The van der Waals surface area contributed by atoms with E-state index in [2.05, 4.69) is 9.97 Å². The van der Waals surface area contributed by atoms with Gasteiger partial charge in [0, 0.05) is 20.7 Å². The predicted molar refractivity (Wildman–Crippen MR) is 106 cm³/mol. The number of fused-ring (bicyclic) bond motifs is 1. The summed E-state index contributed by atoms with van der Waals surface area (Å²) in [5, 5.41) is 0. The van der Waals surface area contributed by atoms with E-state index in [0.29, 0.717) is 37.2 Å². The quantitative estimate of drug-likeness (QED) is 0.661. The van der Waals surface area contributed by atoms with E-state index < -0.39 is 0 Å². The maximum atomic E-state index is 12.8.